The molecule has 0 unspecified atom stereocenters. The molecule has 0 aliphatic heterocycles. The van der Waals surface area contributed by atoms with Crippen LogP contribution in [-0.4, -0.2) is 32.3 Å². The molecule has 120 valence electrons. The van der Waals surface area contributed by atoms with Gasteiger partial charge >= 0.3 is 0 Å². The number of nitrogens with one attached hydrogen (secondary N) is 2. The van der Waals surface area contributed by atoms with Crippen LogP contribution in [0.4, 0.5) is 4.39 Å². The van der Waals surface area contributed by atoms with Crippen LogP contribution in [0.15, 0.2) is 23.1 Å². The third-order valence-corrected chi connectivity index (χ3v) is 4.98. The SMILES string of the molecule is COc1ccc(F)cc1CCNS(=O)(=O)c1c(C)n[nH]c1C. The number of sulfonamides is 1. The lowest BCUT2D eigenvalue weighted by Crippen LogP contribution is -2.27. The van der Waals surface area contributed by atoms with Gasteiger partial charge in [-0.15, -0.1) is 0 Å². The lowest BCUT2D eigenvalue weighted by atomic mass is 10.1. The smallest absolute Gasteiger partial charge is 0.244 e. The second-order valence-electron chi connectivity index (χ2n) is 4.87. The Kier molecular flexibility index (Phi) is 4.82. The molecule has 2 N–H and O–H groups in total. The van der Waals surface area contributed by atoms with E-state index in [4.69, 9.17) is 4.74 Å². The molecule has 2 rings (SSSR count). The number of ether oxygens (including phenoxy) is 1. The number of aryl methyl sites for hydroxylation is 2. The van der Waals surface area contributed by atoms with Gasteiger partial charge in [-0.25, -0.2) is 17.5 Å². The molecule has 22 heavy (non-hydrogen) atoms. The van der Waals surface area contributed by atoms with Crippen molar-refractivity contribution in [3.63, 3.8) is 0 Å². The Labute approximate surface area is 128 Å². The highest BCUT2D eigenvalue weighted by molar-refractivity contribution is 7.89. The summed E-state index contributed by atoms with van der Waals surface area (Å²) >= 11 is 0. The number of methoxy groups -OCH3 is 1. The third kappa shape index (κ3) is 3.45. The summed E-state index contributed by atoms with van der Waals surface area (Å²) in [5.41, 5.74) is 1.49. The van der Waals surface area contributed by atoms with Crippen molar-refractivity contribution in [2.75, 3.05) is 13.7 Å². The van der Waals surface area contributed by atoms with E-state index in [1.807, 2.05) is 0 Å². The Morgan fingerprint density at radius 2 is 2.09 bits per heavy atom. The average molecular weight is 327 g/mol. The molecule has 0 saturated carbocycles. The summed E-state index contributed by atoms with van der Waals surface area (Å²) in [5, 5.41) is 6.51. The molecule has 6 nitrogen and oxygen atoms in total. The summed E-state index contributed by atoms with van der Waals surface area (Å²) in [6.45, 7) is 3.39. The van der Waals surface area contributed by atoms with E-state index in [-0.39, 0.29) is 17.3 Å². The zero-order valence-corrected chi connectivity index (χ0v) is 13.4. The van der Waals surface area contributed by atoms with Gasteiger partial charge in [0.2, 0.25) is 10.0 Å². The van der Waals surface area contributed by atoms with Crippen molar-refractivity contribution in [1.82, 2.24) is 14.9 Å². The van der Waals surface area contributed by atoms with Crippen LogP contribution in [0.3, 0.4) is 0 Å². The van der Waals surface area contributed by atoms with E-state index < -0.39 is 10.0 Å². The van der Waals surface area contributed by atoms with Gasteiger partial charge in [0.05, 0.1) is 18.5 Å². The van der Waals surface area contributed by atoms with Gasteiger partial charge in [-0.3, -0.25) is 5.10 Å². The molecule has 0 spiro atoms. The highest BCUT2D eigenvalue weighted by Gasteiger charge is 2.21. The number of rotatable bonds is 6. The first-order valence-electron chi connectivity index (χ1n) is 6.69. The first-order chi connectivity index (χ1) is 10.3. The lowest BCUT2D eigenvalue weighted by molar-refractivity contribution is 0.408. The fourth-order valence-corrected chi connectivity index (χ4v) is 3.67. The Bertz CT molecular complexity index is 752. The number of nitrogens with zero attached hydrogens (tertiary/aromatic N) is 1. The largest absolute Gasteiger partial charge is 0.496 e. The van der Waals surface area contributed by atoms with E-state index in [1.165, 1.54) is 25.3 Å². The number of aromatic amines is 1. The Morgan fingerprint density at radius 3 is 2.68 bits per heavy atom. The minimum absolute atomic E-state index is 0.131. The molecule has 1 aromatic heterocycles. The van der Waals surface area contributed by atoms with Crippen molar-refractivity contribution in [1.29, 1.82) is 0 Å². The predicted molar refractivity (Wildman–Crippen MR) is 79.9 cm³/mol. The first-order valence-corrected chi connectivity index (χ1v) is 8.17. The Balaban J connectivity index is 2.10. The van der Waals surface area contributed by atoms with Crippen LogP contribution in [0.1, 0.15) is 17.0 Å². The van der Waals surface area contributed by atoms with Gasteiger partial charge < -0.3 is 4.74 Å². The highest BCUT2D eigenvalue weighted by Crippen LogP contribution is 2.20. The van der Waals surface area contributed by atoms with E-state index >= 15 is 0 Å². The molecule has 0 aliphatic rings. The number of hydrogen-bond donors (Lipinski definition) is 2. The van der Waals surface area contributed by atoms with Crippen LogP contribution >= 0.6 is 0 Å². The molecule has 1 aromatic carbocycles. The summed E-state index contributed by atoms with van der Waals surface area (Å²) in [5.74, 6) is 0.136. The third-order valence-electron chi connectivity index (χ3n) is 3.26. The second-order valence-corrected chi connectivity index (χ2v) is 6.57. The fourth-order valence-electron chi connectivity index (χ4n) is 2.27. The number of H-pyrrole nitrogens is 1. The molecule has 1 heterocycles. The molecule has 0 aliphatic carbocycles. The molecular weight excluding hydrogens is 309 g/mol. The standard InChI is InChI=1S/C14H18FN3O3S/c1-9-14(10(2)18-17-9)22(19,20)16-7-6-11-8-12(15)4-5-13(11)21-3/h4-5,8,16H,6-7H2,1-3H3,(H,17,18). The lowest BCUT2D eigenvalue weighted by Gasteiger charge is -2.10. The van der Waals surface area contributed by atoms with Crippen molar-refractivity contribution >= 4 is 10.0 Å². The zero-order valence-electron chi connectivity index (χ0n) is 12.6. The van der Waals surface area contributed by atoms with Crippen molar-refractivity contribution in [2.24, 2.45) is 0 Å². The van der Waals surface area contributed by atoms with E-state index in [9.17, 15) is 12.8 Å². The van der Waals surface area contributed by atoms with Gasteiger partial charge in [0.1, 0.15) is 16.5 Å². The molecular formula is C14H18FN3O3S. The highest BCUT2D eigenvalue weighted by atomic mass is 32.2. The summed E-state index contributed by atoms with van der Waals surface area (Å²) in [4.78, 5) is 0.152. The van der Waals surface area contributed by atoms with E-state index in [0.29, 0.717) is 29.1 Å². The van der Waals surface area contributed by atoms with Crippen LogP contribution < -0.4 is 9.46 Å². The second kappa shape index (κ2) is 6.45. The van der Waals surface area contributed by atoms with Gasteiger partial charge in [-0.05, 0) is 44.0 Å². The zero-order chi connectivity index (χ0) is 16.3. The van der Waals surface area contributed by atoms with Gasteiger partial charge in [0, 0.05) is 6.54 Å². The van der Waals surface area contributed by atoms with E-state index in [1.54, 1.807) is 13.8 Å². The number of hydrogen-bond acceptors (Lipinski definition) is 4. The van der Waals surface area contributed by atoms with E-state index in [0.717, 1.165) is 0 Å². The normalized spacial score (nSPS) is 11.6. The molecule has 8 heteroatoms. The maximum atomic E-state index is 13.3. The Morgan fingerprint density at radius 1 is 1.36 bits per heavy atom. The van der Waals surface area contributed by atoms with Crippen LogP contribution in [0.2, 0.25) is 0 Å². The summed E-state index contributed by atoms with van der Waals surface area (Å²) in [6.07, 6.45) is 0.316. The van der Waals surface area contributed by atoms with Crippen LogP contribution in [0.5, 0.6) is 5.75 Å². The minimum atomic E-state index is -3.66. The molecule has 0 atom stereocenters. The van der Waals surface area contributed by atoms with Crippen molar-refractivity contribution in [2.45, 2.75) is 25.2 Å². The monoisotopic (exact) mass is 327 g/mol. The maximum Gasteiger partial charge on any atom is 0.244 e. The number of halogens is 1. The summed E-state index contributed by atoms with van der Waals surface area (Å²) < 4.78 is 45.4. The average Bonchev–Trinajstić information content (AvgIpc) is 2.79. The number of benzene rings is 1. The number of aromatic nitrogens is 2. The molecule has 0 saturated heterocycles. The molecule has 0 fully saturated rings. The van der Waals surface area contributed by atoms with Crippen LogP contribution in [0.25, 0.3) is 0 Å². The van der Waals surface area contributed by atoms with Gasteiger partial charge in [0.15, 0.2) is 0 Å². The molecule has 0 bridgehead atoms. The van der Waals surface area contributed by atoms with E-state index in [2.05, 4.69) is 14.9 Å². The summed E-state index contributed by atoms with van der Waals surface area (Å²) in [7, 11) is -2.17. The van der Waals surface area contributed by atoms with Gasteiger partial charge in [-0.1, -0.05) is 0 Å². The van der Waals surface area contributed by atoms with Crippen LogP contribution in [0, 0.1) is 19.7 Å². The molecule has 0 amide bonds. The van der Waals surface area contributed by atoms with Crippen molar-refractivity contribution in [3.05, 3.63) is 41.0 Å². The van der Waals surface area contributed by atoms with Crippen LogP contribution in [-0.2, 0) is 16.4 Å². The first kappa shape index (κ1) is 16.4. The van der Waals surface area contributed by atoms with Gasteiger partial charge in [0.25, 0.3) is 0 Å². The predicted octanol–water partition coefficient (Wildman–Crippen LogP) is 1.70. The Hall–Kier alpha value is -1.93. The summed E-state index contributed by atoms with van der Waals surface area (Å²) in [6, 6.07) is 4.15. The maximum absolute atomic E-state index is 13.3. The fraction of sp³-hybridized carbons (Fsp3) is 0.357. The van der Waals surface area contributed by atoms with Gasteiger partial charge in [-0.2, -0.15) is 5.10 Å². The minimum Gasteiger partial charge on any atom is -0.496 e. The topological polar surface area (TPSA) is 84.1 Å². The molecule has 2 aromatic rings. The van der Waals surface area contributed by atoms with Crippen molar-refractivity contribution < 1.29 is 17.5 Å². The van der Waals surface area contributed by atoms with Crippen molar-refractivity contribution in [3.8, 4) is 5.75 Å². The quantitative estimate of drug-likeness (QED) is 0.846. The molecule has 0 radical (unpaired) electrons.